The van der Waals surface area contributed by atoms with Gasteiger partial charge in [0.05, 0.1) is 17.1 Å². The Morgan fingerprint density at radius 1 is 1.52 bits per heavy atom. The van der Waals surface area contributed by atoms with Crippen LogP contribution in [0, 0.1) is 5.82 Å². The third-order valence-corrected chi connectivity index (χ3v) is 4.74. The van der Waals surface area contributed by atoms with Gasteiger partial charge in [-0.15, -0.1) is 23.2 Å². The van der Waals surface area contributed by atoms with Crippen LogP contribution < -0.4 is 10.9 Å². The minimum Gasteiger partial charge on any atom is -0.323 e. The van der Waals surface area contributed by atoms with E-state index >= 15 is 0 Å². The van der Waals surface area contributed by atoms with Crippen molar-refractivity contribution in [3.63, 3.8) is 0 Å². The van der Waals surface area contributed by atoms with Gasteiger partial charge < -0.3 is 9.88 Å². The monoisotopic (exact) mass is 335 g/mol. The molecule has 1 aliphatic rings. The second kappa shape index (κ2) is 6.34. The predicted molar refractivity (Wildman–Crippen MR) is 80.4 cm³/mol. The summed E-state index contributed by atoms with van der Waals surface area (Å²) in [5.41, 5.74) is -0.907. The van der Waals surface area contributed by atoms with E-state index in [-0.39, 0.29) is 17.0 Å². The fourth-order valence-corrected chi connectivity index (χ4v) is 2.92. The molecule has 0 aromatic carbocycles. The molecule has 1 N–H and O–H groups in total. The number of aromatic nitrogens is 1. The Balaban J connectivity index is 2.17. The quantitative estimate of drug-likeness (QED) is 0.677. The maximum absolute atomic E-state index is 13.5. The normalized spacial score (nSPS) is 26.0. The highest BCUT2D eigenvalue weighted by atomic mass is 35.5. The number of alkyl halides is 2. The number of nitrogens with zero attached hydrogens (tertiary/aromatic N) is 2. The SMILES string of the molecule is CCn1cc(NC(=O)C2CC(Cl)C(Cl)N2C)cc(F)c1=O. The summed E-state index contributed by atoms with van der Waals surface area (Å²) in [7, 11) is 1.71. The number of carbonyl (C=O) groups excluding carboxylic acids is 1. The number of likely N-dealkylation sites (N-methyl/N-ethyl adjacent to an activating group) is 1. The van der Waals surface area contributed by atoms with Crippen molar-refractivity contribution in [1.29, 1.82) is 0 Å². The van der Waals surface area contributed by atoms with Crippen molar-refractivity contribution >= 4 is 34.8 Å². The second-order valence-electron chi connectivity index (χ2n) is 4.96. The summed E-state index contributed by atoms with van der Waals surface area (Å²) in [5.74, 6) is -1.23. The van der Waals surface area contributed by atoms with Gasteiger partial charge in [-0.2, -0.15) is 0 Å². The Kier molecular flexibility index (Phi) is 4.91. The maximum atomic E-state index is 13.5. The molecule has 0 radical (unpaired) electrons. The van der Waals surface area contributed by atoms with Gasteiger partial charge in [-0.1, -0.05) is 0 Å². The van der Waals surface area contributed by atoms with Gasteiger partial charge in [-0.3, -0.25) is 14.5 Å². The first-order valence-corrected chi connectivity index (χ1v) is 7.43. The van der Waals surface area contributed by atoms with E-state index in [9.17, 15) is 14.0 Å². The first kappa shape index (κ1) is 16.3. The number of nitrogens with one attached hydrogen (secondary N) is 1. The van der Waals surface area contributed by atoms with Gasteiger partial charge in [-0.25, -0.2) is 4.39 Å². The Morgan fingerprint density at radius 3 is 2.71 bits per heavy atom. The van der Waals surface area contributed by atoms with E-state index in [2.05, 4.69) is 5.32 Å². The molecule has 3 unspecified atom stereocenters. The number of likely N-dealkylation sites (tertiary alicyclic amines) is 1. The Hall–Kier alpha value is -1.11. The number of anilines is 1. The average Bonchev–Trinajstić information content (AvgIpc) is 2.70. The van der Waals surface area contributed by atoms with Crippen LogP contribution in [0.1, 0.15) is 13.3 Å². The summed E-state index contributed by atoms with van der Waals surface area (Å²) in [5, 5.41) is 2.28. The van der Waals surface area contributed by atoms with E-state index in [1.54, 1.807) is 18.9 Å². The topological polar surface area (TPSA) is 54.3 Å². The summed E-state index contributed by atoms with van der Waals surface area (Å²) in [6, 6.07) is 0.526. The van der Waals surface area contributed by atoms with Crippen LogP contribution in [0.3, 0.4) is 0 Å². The van der Waals surface area contributed by atoms with Crippen LogP contribution in [0.2, 0.25) is 0 Å². The molecule has 1 fully saturated rings. The molecule has 0 aliphatic carbocycles. The first-order chi connectivity index (χ1) is 9.85. The van der Waals surface area contributed by atoms with Crippen LogP contribution in [0.4, 0.5) is 10.1 Å². The lowest BCUT2D eigenvalue weighted by molar-refractivity contribution is -0.120. The Bertz CT molecular complexity index is 608. The number of amides is 1. The molecule has 1 saturated heterocycles. The smallest absolute Gasteiger partial charge is 0.286 e. The summed E-state index contributed by atoms with van der Waals surface area (Å²) in [6.07, 6.45) is 1.82. The number of pyridine rings is 1. The van der Waals surface area contributed by atoms with E-state index in [0.717, 1.165) is 6.07 Å². The molecule has 1 aromatic rings. The zero-order chi connectivity index (χ0) is 15.7. The molecule has 8 heteroatoms. The van der Waals surface area contributed by atoms with E-state index in [1.165, 1.54) is 10.8 Å². The van der Waals surface area contributed by atoms with Gasteiger partial charge in [0.1, 0.15) is 5.50 Å². The molecule has 5 nitrogen and oxygen atoms in total. The van der Waals surface area contributed by atoms with Crippen LogP contribution >= 0.6 is 23.2 Å². The molecule has 21 heavy (non-hydrogen) atoms. The molecule has 3 atom stereocenters. The predicted octanol–water partition coefficient (Wildman–Crippen LogP) is 1.82. The van der Waals surface area contributed by atoms with E-state index < -0.39 is 22.9 Å². The number of hydrogen-bond donors (Lipinski definition) is 1. The fraction of sp³-hybridized carbons (Fsp3) is 0.538. The van der Waals surface area contributed by atoms with Gasteiger partial charge in [0.2, 0.25) is 5.91 Å². The molecule has 1 amide bonds. The number of halogens is 3. The molecule has 1 aliphatic heterocycles. The van der Waals surface area contributed by atoms with Crippen molar-refractivity contribution < 1.29 is 9.18 Å². The molecule has 116 valence electrons. The van der Waals surface area contributed by atoms with Gasteiger partial charge in [0.25, 0.3) is 5.56 Å². The third-order valence-electron chi connectivity index (χ3n) is 3.58. The molecule has 0 bridgehead atoms. The van der Waals surface area contributed by atoms with Crippen molar-refractivity contribution in [2.75, 3.05) is 12.4 Å². The average molecular weight is 336 g/mol. The molecular weight excluding hydrogens is 320 g/mol. The van der Waals surface area contributed by atoms with Crippen molar-refractivity contribution in [1.82, 2.24) is 9.47 Å². The van der Waals surface area contributed by atoms with Crippen molar-refractivity contribution in [3.05, 3.63) is 28.4 Å². The van der Waals surface area contributed by atoms with Crippen molar-refractivity contribution in [3.8, 4) is 0 Å². The largest absolute Gasteiger partial charge is 0.323 e. The molecule has 1 aromatic heterocycles. The van der Waals surface area contributed by atoms with Crippen LogP contribution in [0.5, 0.6) is 0 Å². The Morgan fingerprint density at radius 2 is 2.19 bits per heavy atom. The number of aryl methyl sites for hydroxylation is 1. The third kappa shape index (κ3) is 3.22. The van der Waals surface area contributed by atoms with E-state index in [0.29, 0.717) is 13.0 Å². The summed E-state index contributed by atoms with van der Waals surface area (Å²) in [4.78, 5) is 25.4. The van der Waals surface area contributed by atoms with E-state index in [4.69, 9.17) is 23.2 Å². The molecular formula is C13H16Cl2FN3O2. The lowest BCUT2D eigenvalue weighted by Gasteiger charge is -2.21. The van der Waals surface area contributed by atoms with Crippen LogP contribution in [-0.4, -0.2) is 39.3 Å². The molecule has 0 saturated carbocycles. The van der Waals surface area contributed by atoms with Gasteiger partial charge in [0.15, 0.2) is 5.82 Å². The molecule has 2 heterocycles. The van der Waals surface area contributed by atoms with Gasteiger partial charge >= 0.3 is 0 Å². The fourth-order valence-electron chi connectivity index (χ4n) is 2.34. The standard InChI is InChI=1S/C13H16Cl2FN3O2/c1-3-19-6-7(4-9(16)13(19)21)17-12(20)10-5-8(14)11(15)18(10)2/h4,6,8,10-11H,3,5H2,1-2H3,(H,17,20). The van der Waals surface area contributed by atoms with Crippen molar-refractivity contribution in [2.24, 2.45) is 0 Å². The number of rotatable bonds is 3. The highest BCUT2D eigenvalue weighted by molar-refractivity contribution is 6.30. The van der Waals surface area contributed by atoms with Crippen molar-refractivity contribution in [2.45, 2.75) is 36.8 Å². The van der Waals surface area contributed by atoms with E-state index in [1.807, 2.05) is 0 Å². The molecule has 2 rings (SSSR count). The summed E-state index contributed by atoms with van der Waals surface area (Å²) in [6.45, 7) is 2.03. The first-order valence-electron chi connectivity index (χ1n) is 6.56. The molecule has 0 spiro atoms. The number of carbonyl (C=O) groups is 1. The number of hydrogen-bond acceptors (Lipinski definition) is 3. The zero-order valence-electron chi connectivity index (χ0n) is 11.6. The Labute approximate surface area is 131 Å². The van der Waals surface area contributed by atoms with Gasteiger partial charge in [-0.05, 0) is 20.4 Å². The lowest BCUT2D eigenvalue weighted by Crippen LogP contribution is -2.39. The highest BCUT2D eigenvalue weighted by Gasteiger charge is 2.40. The summed E-state index contributed by atoms with van der Waals surface area (Å²) >= 11 is 12.1. The minimum atomic E-state index is -0.903. The summed E-state index contributed by atoms with van der Waals surface area (Å²) < 4.78 is 14.7. The zero-order valence-corrected chi connectivity index (χ0v) is 13.2. The highest BCUT2D eigenvalue weighted by Crippen LogP contribution is 2.30. The van der Waals surface area contributed by atoms with Crippen LogP contribution in [-0.2, 0) is 11.3 Å². The van der Waals surface area contributed by atoms with Crippen LogP contribution in [0.15, 0.2) is 17.1 Å². The van der Waals surface area contributed by atoms with Gasteiger partial charge in [0, 0.05) is 18.8 Å². The minimum absolute atomic E-state index is 0.233. The second-order valence-corrected chi connectivity index (χ2v) is 5.97. The lowest BCUT2D eigenvalue weighted by atomic mass is 10.2. The van der Waals surface area contributed by atoms with Crippen LogP contribution in [0.25, 0.3) is 0 Å². The maximum Gasteiger partial charge on any atom is 0.286 e.